The Kier molecular flexibility index (Phi) is 6.18. The molecule has 0 saturated carbocycles. The van der Waals surface area contributed by atoms with Crippen LogP contribution in [0.1, 0.15) is 5.56 Å². The summed E-state index contributed by atoms with van der Waals surface area (Å²) < 4.78 is 71.8. The molecular formula is C15H7F5N2O5S. The van der Waals surface area contributed by atoms with Crippen LogP contribution in [0.2, 0.25) is 0 Å². The highest BCUT2D eigenvalue weighted by atomic mass is 32.2. The quantitative estimate of drug-likeness (QED) is 0.168. The molecule has 2 rings (SSSR count). The Morgan fingerprint density at radius 1 is 1.00 bits per heavy atom. The standard InChI is InChI=1S/C15H7F5N2O5S/c1-27-9-3-2-6(4-8(9)21(23)24)28-10(22(25)26)5-7-11(16)13(18)15(20)14(19)12(7)17/h2-5H,1H3/b10-5+. The first kappa shape index (κ1) is 21.1. The average molecular weight is 422 g/mol. The van der Waals surface area contributed by atoms with E-state index in [0.29, 0.717) is 0 Å². The molecule has 28 heavy (non-hydrogen) atoms. The molecule has 0 saturated heterocycles. The maximum Gasteiger partial charge on any atom is 0.312 e. The van der Waals surface area contributed by atoms with Crippen molar-refractivity contribution in [3.63, 3.8) is 0 Å². The summed E-state index contributed by atoms with van der Waals surface area (Å²) in [5.74, 6) is -11.6. The van der Waals surface area contributed by atoms with Crippen LogP contribution in [0.25, 0.3) is 6.08 Å². The van der Waals surface area contributed by atoms with Gasteiger partial charge in [-0.25, -0.2) is 22.0 Å². The largest absolute Gasteiger partial charge is 0.490 e. The molecular weight excluding hydrogens is 415 g/mol. The lowest BCUT2D eigenvalue weighted by molar-refractivity contribution is -0.408. The van der Waals surface area contributed by atoms with E-state index in [4.69, 9.17) is 4.74 Å². The van der Waals surface area contributed by atoms with Crippen LogP contribution in [0, 0.1) is 49.3 Å². The van der Waals surface area contributed by atoms with E-state index in [0.717, 1.165) is 19.2 Å². The summed E-state index contributed by atoms with van der Waals surface area (Å²) in [4.78, 5) is 20.1. The Hall–Kier alpha value is -3.22. The molecule has 0 aromatic heterocycles. The number of thioether (sulfide) groups is 1. The fourth-order valence-electron chi connectivity index (χ4n) is 1.99. The number of rotatable bonds is 6. The van der Waals surface area contributed by atoms with Gasteiger partial charge in [0.05, 0.1) is 22.5 Å². The molecule has 0 aliphatic heterocycles. The van der Waals surface area contributed by atoms with Crippen molar-refractivity contribution in [2.75, 3.05) is 7.11 Å². The highest BCUT2D eigenvalue weighted by molar-refractivity contribution is 8.03. The van der Waals surface area contributed by atoms with Crippen molar-refractivity contribution in [3.8, 4) is 5.75 Å². The Morgan fingerprint density at radius 3 is 2.00 bits per heavy atom. The first-order valence-corrected chi connectivity index (χ1v) is 7.77. The lowest BCUT2D eigenvalue weighted by Crippen LogP contribution is -2.05. The molecule has 0 bridgehead atoms. The topological polar surface area (TPSA) is 95.5 Å². The van der Waals surface area contributed by atoms with Crippen molar-refractivity contribution in [3.05, 3.63) is 78.1 Å². The fraction of sp³-hybridized carbons (Fsp3) is 0.0667. The highest BCUT2D eigenvalue weighted by Gasteiger charge is 2.27. The number of halogens is 5. The summed E-state index contributed by atoms with van der Waals surface area (Å²) in [7, 11) is 1.15. The van der Waals surface area contributed by atoms with Crippen LogP contribution >= 0.6 is 11.8 Å². The number of methoxy groups -OCH3 is 1. The normalized spacial score (nSPS) is 11.4. The van der Waals surface area contributed by atoms with E-state index in [1.165, 1.54) is 6.07 Å². The van der Waals surface area contributed by atoms with Crippen LogP contribution < -0.4 is 4.74 Å². The number of nitro benzene ring substituents is 1. The molecule has 148 valence electrons. The van der Waals surface area contributed by atoms with Gasteiger partial charge in [-0.3, -0.25) is 20.2 Å². The molecule has 0 fully saturated rings. The molecule has 13 heteroatoms. The predicted molar refractivity (Wildman–Crippen MR) is 86.7 cm³/mol. The lowest BCUT2D eigenvalue weighted by atomic mass is 10.1. The first-order valence-electron chi connectivity index (χ1n) is 6.96. The minimum atomic E-state index is -2.41. The van der Waals surface area contributed by atoms with E-state index in [2.05, 4.69) is 0 Å². The van der Waals surface area contributed by atoms with E-state index in [1.807, 2.05) is 0 Å². The SMILES string of the molecule is COc1ccc(S/C(=C/c2c(F)c(F)c(F)c(F)c2F)[N+](=O)[O-])cc1[N+](=O)[O-]. The Balaban J connectivity index is 2.56. The monoisotopic (exact) mass is 422 g/mol. The Bertz CT molecular complexity index is 986. The van der Waals surface area contributed by atoms with Gasteiger partial charge in [-0.05, 0) is 23.9 Å². The molecule has 7 nitrogen and oxygen atoms in total. The molecule has 2 aromatic carbocycles. The maximum atomic E-state index is 13.7. The van der Waals surface area contributed by atoms with E-state index in [9.17, 15) is 42.2 Å². The van der Waals surface area contributed by atoms with Crippen molar-refractivity contribution < 1.29 is 36.5 Å². The summed E-state index contributed by atoms with van der Waals surface area (Å²) >= 11 is 0.206. The van der Waals surface area contributed by atoms with Gasteiger partial charge in [0, 0.05) is 17.0 Å². The third-order valence-corrected chi connectivity index (χ3v) is 4.23. The summed E-state index contributed by atoms with van der Waals surface area (Å²) in [6.07, 6.45) is 0.150. The Labute approximate surface area is 156 Å². The van der Waals surface area contributed by atoms with Gasteiger partial charge in [0.1, 0.15) is 0 Å². The van der Waals surface area contributed by atoms with Gasteiger partial charge < -0.3 is 4.74 Å². The minimum absolute atomic E-state index is 0.112. The van der Waals surface area contributed by atoms with Gasteiger partial charge >= 0.3 is 10.7 Å². The predicted octanol–water partition coefficient (Wildman–Crippen LogP) is 4.67. The third-order valence-electron chi connectivity index (χ3n) is 3.26. The molecule has 0 heterocycles. The van der Waals surface area contributed by atoms with Gasteiger partial charge in [0.15, 0.2) is 29.0 Å². The zero-order chi connectivity index (χ0) is 21.2. The minimum Gasteiger partial charge on any atom is -0.490 e. The van der Waals surface area contributed by atoms with Crippen molar-refractivity contribution in [1.82, 2.24) is 0 Å². The van der Waals surface area contributed by atoms with Crippen molar-refractivity contribution >= 4 is 23.5 Å². The van der Waals surface area contributed by atoms with Crippen LogP contribution in [-0.2, 0) is 0 Å². The van der Waals surface area contributed by atoms with Gasteiger partial charge in [-0.15, -0.1) is 0 Å². The van der Waals surface area contributed by atoms with Crippen molar-refractivity contribution in [2.45, 2.75) is 4.90 Å². The summed E-state index contributed by atoms with van der Waals surface area (Å²) in [5, 5.41) is 21.1. The number of hydrogen-bond acceptors (Lipinski definition) is 6. The third kappa shape index (κ3) is 4.03. The Morgan fingerprint density at radius 2 is 1.54 bits per heavy atom. The first-order chi connectivity index (χ1) is 13.1. The lowest BCUT2D eigenvalue weighted by Gasteiger charge is -2.06. The molecule has 0 atom stereocenters. The van der Waals surface area contributed by atoms with Gasteiger partial charge in [0.2, 0.25) is 5.82 Å². The second-order valence-electron chi connectivity index (χ2n) is 4.92. The zero-order valence-electron chi connectivity index (χ0n) is 13.5. The molecule has 0 radical (unpaired) electrons. The van der Waals surface area contributed by atoms with E-state index < -0.39 is 55.2 Å². The molecule has 0 N–H and O–H groups in total. The number of ether oxygens (including phenoxy) is 1. The van der Waals surface area contributed by atoms with E-state index >= 15 is 0 Å². The summed E-state index contributed by atoms with van der Waals surface area (Å²) in [6, 6.07) is 3.18. The summed E-state index contributed by atoms with van der Waals surface area (Å²) in [6.45, 7) is 0. The van der Waals surface area contributed by atoms with Crippen LogP contribution in [0.5, 0.6) is 5.75 Å². The number of benzene rings is 2. The van der Waals surface area contributed by atoms with Crippen LogP contribution in [-0.4, -0.2) is 17.0 Å². The van der Waals surface area contributed by atoms with E-state index in [1.54, 1.807) is 0 Å². The molecule has 0 unspecified atom stereocenters. The summed E-state index contributed by atoms with van der Waals surface area (Å²) in [5.41, 5.74) is -2.06. The van der Waals surface area contributed by atoms with E-state index in [-0.39, 0.29) is 28.5 Å². The van der Waals surface area contributed by atoms with Crippen LogP contribution in [0.3, 0.4) is 0 Å². The van der Waals surface area contributed by atoms with Gasteiger partial charge in [0.25, 0.3) is 0 Å². The molecule has 0 aliphatic carbocycles. The number of hydrogen-bond donors (Lipinski definition) is 0. The fourth-order valence-corrected chi connectivity index (χ4v) is 2.79. The average Bonchev–Trinajstić information content (AvgIpc) is 2.66. The van der Waals surface area contributed by atoms with Gasteiger partial charge in [-0.2, -0.15) is 0 Å². The second kappa shape index (κ2) is 8.21. The molecule has 2 aromatic rings. The molecule has 0 amide bonds. The molecule has 0 aliphatic rings. The van der Waals surface area contributed by atoms with Crippen molar-refractivity contribution in [2.24, 2.45) is 0 Å². The second-order valence-corrected chi connectivity index (χ2v) is 6.01. The highest BCUT2D eigenvalue weighted by Crippen LogP contribution is 2.36. The number of nitrogens with zero attached hydrogens (tertiary/aromatic N) is 2. The maximum absolute atomic E-state index is 13.7. The van der Waals surface area contributed by atoms with Crippen molar-refractivity contribution in [1.29, 1.82) is 0 Å². The van der Waals surface area contributed by atoms with Gasteiger partial charge in [-0.1, -0.05) is 0 Å². The smallest absolute Gasteiger partial charge is 0.312 e. The number of nitro groups is 2. The van der Waals surface area contributed by atoms with Crippen LogP contribution in [0.15, 0.2) is 28.1 Å². The molecule has 0 spiro atoms. The zero-order valence-corrected chi connectivity index (χ0v) is 14.4. The van der Waals surface area contributed by atoms with Crippen LogP contribution in [0.4, 0.5) is 27.6 Å².